The number of piperidine rings is 1. The summed E-state index contributed by atoms with van der Waals surface area (Å²) >= 11 is 0. The molecular weight excluding hydrogens is 436 g/mol. The summed E-state index contributed by atoms with van der Waals surface area (Å²) in [6, 6.07) is 7.79. The van der Waals surface area contributed by atoms with Gasteiger partial charge in [0.05, 0.1) is 5.56 Å². The largest absolute Gasteiger partial charge is 0.488 e. The number of carbonyl (C=O) groups excluding carboxylic acids is 1. The monoisotopic (exact) mass is 466 g/mol. The zero-order valence-corrected chi connectivity index (χ0v) is 19.7. The zero-order chi connectivity index (χ0) is 23.5. The molecule has 2 fully saturated rings. The second-order valence-corrected chi connectivity index (χ2v) is 9.06. The Balaban J connectivity index is 1.20. The van der Waals surface area contributed by atoms with Crippen molar-refractivity contribution < 1.29 is 23.3 Å². The Morgan fingerprint density at radius 3 is 2.56 bits per heavy atom. The third-order valence-electron chi connectivity index (χ3n) is 6.83. The van der Waals surface area contributed by atoms with Gasteiger partial charge in [-0.25, -0.2) is 0 Å². The fraction of sp³-hybridized carbons (Fsp3) is 0.520. The van der Waals surface area contributed by atoms with Crippen LogP contribution >= 0.6 is 0 Å². The van der Waals surface area contributed by atoms with Gasteiger partial charge in [0, 0.05) is 38.1 Å². The van der Waals surface area contributed by atoms with Gasteiger partial charge in [-0.15, -0.1) is 0 Å². The number of para-hydroxylation sites is 1. The number of amides is 1. The van der Waals surface area contributed by atoms with E-state index in [1.165, 1.54) is 0 Å². The smallest absolute Gasteiger partial charge is 0.276 e. The molecule has 9 nitrogen and oxygen atoms in total. The summed E-state index contributed by atoms with van der Waals surface area (Å²) in [5, 5.41) is 8.28. The summed E-state index contributed by atoms with van der Waals surface area (Å²) in [6.45, 7) is 6.71. The Hall–Kier alpha value is -3.20. The number of carbonyl (C=O) groups is 1. The molecule has 0 saturated carbocycles. The van der Waals surface area contributed by atoms with Crippen LogP contribution in [0.4, 0.5) is 0 Å². The van der Waals surface area contributed by atoms with Crippen LogP contribution in [0.25, 0.3) is 0 Å². The summed E-state index contributed by atoms with van der Waals surface area (Å²) in [6.07, 6.45) is 3.40. The fourth-order valence-electron chi connectivity index (χ4n) is 4.61. The molecule has 0 bridgehead atoms. The molecule has 0 unspecified atom stereocenters. The molecule has 34 heavy (non-hydrogen) atoms. The van der Waals surface area contributed by atoms with Gasteiger partial charge in [-0.3, -0.25) is 4.79 Å². The third-order valence-corrected chi connectivity index (χ3v) is 6.83. The molecule has 0 atom stereocenters. The van der Waals surface area contributed by atoms with E-state index in [0.29, 0.717) is 41.9 Å². The molecule has 180 valence electrons. The highest BCUT2D eigenvalue weighted by atomic mass is 16.5. The second kappa shape index (κ2) is 9.97. The summed E-state index contributed by atoms with van der Waals surface area (Å²) in [5.41, 5.74) is 2.05. The predicted molar refractivity (Wildman–Crippen MR) is 122 cm³/mol. The van der Waals surface area contributed by atoms with Crippen LogP contribution in [0.2, 0.25) is 0 Å². The van der Waals surface area contributed by atoms with Crippen LogP contribution in [0.15, 0.2) is 33.3 Å². The number of nitrogens with zero attached hydrogens (tertiary/aromatic N) is 4. The maximum atomic E-state index is 13.3. The van der Waals surface area contributed by atoms with E-state index < -0.39 is 0 Å². The summed E-state index contributed by atoms with van der Waals surface area (Å²) in [7, 11) is 0. The quantitative estimate of drug-likeness (QED) is 0.533. The van der Waals surface area contributed by atoms with E-state index in [1.807, 2.05) is 36.1 Å². The Labute approximate surface area is 198 Å². The SMILES string of the molecule is Cc1ccccc1OCc1c(C(=O)N2CCC(c3nc(C4CCOCC4)no3)CC2)noc1C. The van der Waals surface area contributed by atoms with Crippen molar-refractivity contribution in [3.05, 3.63) is 58.6 Å². The summed E-state index contributed by atoms with van der Waals surface area (Å²) < 4.78 is 22.3. The highest BCUT2D eigenvalue weighted by Crippen LogP contribution is 2.31. The Morgan fingerprint density at radius 2 is 1.79 bits per heavy atom. The minimum Gasteiger partial charge on any atom is -0.488 e. The molecule has 4 heterocycles. The maximum absolute atomic E-state index is 13.3. The van der Waals surface area contributed by atoms with E-state index in [1.54, 1.807) is 6.92 Å². The summed E-state index contributed by atoms with van der Waals surface area (Å²) in [5.74, 6) is 3.18. The first kappa shape index (κ1) is 22.6. The van der Waals surface area contributed by atoms with Crippen molar-refractivity contribution in [3.8, 4) is 5.75 Å². The molecule has 2 aromatic heterocycles. The first-order valence-corrected chi connectivity index (χ1v) is 11.9. The van der Waals surface area contributed by atoms with Crippen LogP contribution in [0.1, 0.15) is 76.6 Å². The van der Waals surface area contributed by atoms with Crippen molar-refractivity contribution in [3.63, 3.8) is 0 Å². The van der Waals surface area contributed by atoms with E-state index in [-0.39, 0.29) is 18.4 Å². The van der Waals surface area contributed by atoms with Gasteiger partial charge in [-0.05, 0) is 51.2 Å². The van der Waals surface area contributed by atoms with Crippen LogP contribution in [0.5, 0.6) is 5.75 Å². The van der Waals surface area contributed by atoms with Crippen molar-refractivity contribution in [2.45, 2.75) is 58.0 Å². The lowest BCUT2D eigenvalue weighted by molar-refractivity contribution is 0.0691. The molecule has 2 aliphatic rings. The Morgan fingerprint density at radius 1 is 1.03 bits per heavy atom. The van der Waals surface area contributed by atoms with Crippen molar-refractivity contribution in [2.75, 3.05) is 26.3 Å². The van der Waals surface area contributed by atoms with Crippen LogP contribution in [0.3, 0.4) is 0 Å². The number of aryl methyl sites for hydroxylation is 2. The molecule has 0 N–H and O–H groups in total. The molecule has 0 aliphatic carbocycles. The van der Waals surface area contributed by atoms with Gasteiger partial charge in [-0.1, -0.05) is 28.5 Å². The van der Waals surface area contributed by atoms with Gasteiger partial charge in [0.25, 0.3) is 5.91 Å². The molecule has 5 rings (SSSR count). The van der Waals surface area contributed by atoms with Gasteiger partial charge in [0.15, 0.2) is 11.5 Å². The van der Waals surface area contributed by atoms with Gasteiger partial charge in [0.2, 0.25) is 5.89 Å². The van der Waals surface area contributed by atoms with Crippen molar-refractivity contribution in [1.82, 2.24) is 20.2 Å². The molecule has 0 radical (unpaired) electrons. The molecule has 2 aliphatic heterocycles. The van der Waals surface area contributed by atoms with Crippen LogP contribution in [-0.4, -0.2) is 52.4 Å². The molecule has 9 heteroatoms. The molecule has 3 aromatic rings. The van der Waals surface area contributed by atoms with E-state index in [4.69, 9.17) is 18.5 Å². The predicted octanol–water partition coefficient (Wildman–Crippen LogP) is 4.17. The van der Waals surface area contributed by atoms with E-state index in [2.05, 4.69) is 15.3 Å². The first-order valence-electron chi connectivity index (χ1n) is 11.9. The number of benzene rings is 1. The first-order chi connectivity index (χ1) is 16.6. The van der Waals surface area contributed by atoms with Crippen molar-refractivity contribution in [1.29, 1.82) is 0 Å². The minimum absolute atomic E-state index is 0.132. The van der Waals surface area contributed by atoms with Crippen LogP contribution < -0.4 is 4.74 Å². The lowest BCUT2D eigenvalue weighted by Gasteiger charge is -2.30. The number of hydrogen-bond acceptors (Lipinski definition) is 8. The molecule has 1 aromatic carbocycles. The number of rotatable bonds is 6. The highest BCUT2D eigenvalue weighted by Gasteiger charge is 2.32. The normalized spacial score (nSPS) is 17.8. The van der Waals surface area contributed by atoms with Crippen molar-refractivity contribution >= 4 is 5.91 Å². The van der Waals surface area contributed by atoms with Crippen LogP contribution in [0, 0.1) is 13.8 Å². The van der Waals surface area contributed by atoms with E-state index in [9.17, 15) is 4.79 Å². The summed E-state index contributed by atoms with van der Waals surface area (Å²) in [4.78, 5) is 19.8. The van der Waals surface area contributed by atoms with E-state index in [0.717, 1.165) is 56.0 Å². The number of aromatic nitrogens is 3. The van der Waals surface area contributed by atoms with Gasteiger partial charge in [0.1, 0.15) is 18.1 Å². The topological polar surface area (TPSA) is 104 Å². The Bertz CT molecular complexity index is 1130. The van der Waals surface area contributed by atoms with Gasteiger partial charge in [-0.2, -0.15) is 4.98 Å². The van der Waals surface area contributed by atoms with Gasteiger partial charge < -0.3 is 23.4 Å². The standard InChI is InChI=1S/C25H30N4O5/c1-16-5-3-4-6-21(16)32-15-20-17(2)33-27-22(20)25(30)29-11-7-19(8-12-29)24-26-23(28-34-24)18-9-13-31-14-10-18/h3-6,18-19H,7-15H2,1-2H3. The maximum Gasteiger partial charge on any atom is 0.276 e. The zero-order valence-electron chi connectivity index (χ0n) is 19.7. The average Bonchev–Trinajstić information content (AvgIpc) is 3.51. The van der Waals surface area contributed by atoms with Crippen LogP contribution in [-0.2, 0) is 11.3 Å². The lowest BCUT2D eigenvalue weighted by Crippen LogP contribution is -2.38. The Kier molecular flexibility index (Phi) is 6.62. The molecule has 1 amide bonds. The molecule has 0 spiro atoms. The number of hydrogen-bond donors (Lipinski definition) is 0. The second-order valence-electron chi connectivity index (χ2n) is 9.06. The minimum atomic E-state index is -0.132. The number of ether oxygens (including phenoxy) is 2. The molecular formula is C25H30N4O5. The lowest BCUT2D eigenvalue weighted by atomic mass is 9.96. The molecule has 2 saturated heterocycles. The van der Waals surface area contributed by atoms with Gasteiger partial charge >= 0.3 is 0 Å². The number of likely N-dealkylation sites (tertiary alicyclic amines) is 1. The average molecular weight is 467 g/mol. The van der Waals surface area contributed by atoms with E-state index >= 15 is 0 Å². The highest BCUT2D eigenvalue weighted by molar-refractivity contribution is 5.93. The third kappa shape index (κ3) is 4.70. The fourth-order valence-corrected chi connectivity index (χ4v) is 4.61. The van der Waals surface area contributed by atoms with Crippen molar-refractivity contribution in [2.24, 2.45) is 0 Å².